The number of nitrogens with zero attached hydrogens (tertiary/aromatic N) is 1. The summed E-state index contributed by atoms with van der Waals surface area (Å²) in [5, 5.41) is 0. The highest BCUT2D eigenvalue weighted by molar-refractivity contribution is 5.97. The molecule has 4 rings (SSSR count). The molecular formula is C27H45NO2. The first-order chi connectivity index (χ1) is 14.2. The molecule has 4 aliphatic rings. The lowest BCUT2D eigenvalue weighted by Gasteiger charge is -2.59. The Balaban J connectivity index is 1.54. The molecule has 0 bridgehead atoms. The Hall–Kier alpha value is -0.860. The van der Waals surface area contributed by atoms with Crippen molar-refractivity contribution >= 4 is 11.8 Å². The third kappa shape index (κ3) is 3.56. The van der Waals surface area contributed by atoms with Gasteiger partial charge >= 0.3 is 0 Å². The standard InChI is InChI=1S/C27H45NO2/c1-18(2)9-8-10-19(3)21-12-13-22-20-17-25(30)28-24(29)11-6-7-15-27(28,5)23(20)14-16-26(21,22)4/h18-23H,6-17H2,1-5H3/t19-,20+,21-,22+,23+,26-,27-/m1/s1. The van der Waals surface area contributed by atoms with E-state index in [2.05, 4.69) is 34.6 Å². The second kappa shape index (κ2) is 8.24. The van der Waals surface area contributed by atoms with Crippen molar-refractivity contribution in [3.8, 4) is 0 Å². The fourth-order valence-electron chi connectivity index (χ4n) is 8.70. The Morgan fingerprint density at radius 1 is 0.933 bits per heavy atom. The molecule has 0 aromatic heterocycles. The van der Waals surface area contributed by atoms with E-state index in [-0.39, 0.29) is 17.4 Å². The highest BCUT2D eigenvalue weighted by Crippen LogP contribution is 2.65. The minimum absolute atomic E-state index is 0.106. The van der Waals surface area contributed by atoms with Gasteiger partial charge in [0.2, 0.25) is 11.8 Å². The fraction of sp³-hybridized carbons (Fsp3) is 0.926. The molecule has 30 heavy (non-hydrogen) atoms. The first kappa shape index (κ1) is 22.3. The number of hydrogen-bond donors (Lipinski definition) is 0. The topological polar surface area (TPSA) is 37.4 Å². The Bertz CT molecular complexity index is 672. The molecule has 0 unspecified atom stereocenters. The van der Waals surface area contributed by atoms with Crippen LogP contribution in [0.5, 0.6) is 0 Å². The summed E-state index contributed by atoms with van der Waals surface area (Å²) in [5.74, 6) is 4.35. The number of amides is 2. The molecule has 2 aliphatic heterocycles. The second-order valence-corrected chi connectivity index (χ2v) is 12.3. The minimum atomic E-state index is -0.226. The monoisotopic (exact) mass is 415 g/mol. The Labute approximate surface area is 184 Å². The van der Waals surface area contributed by atoms with E-state index >= 15 is 0 Å². The predicted molar refractivity (Wildman–Crippen MR) is 122 cm³/mol. The van der Waals surface area contributed by atoms with E-state index in [0.29, 0.717) is 36.0 Å². The molecule has 170 valence electrons. The number of carbonyl (C=O) groups is 2. The number of hydrogen-bond acceptors (Lipinski definition) is 2. The molecule has 2 saturated carbocycles. The van der Waals surface area contributed by atoms with Gasteiger partial charge in [0.05, 0.1) is 5.54 Å². The van der Waals surface area contributed by atoms with Gasteiger partial charge in [0, 0.05) is 12.8 Å². The second-order valence-electron chi connectivity index (χ2n) is 12.3. The Kier molecular flexibility index (Phi) is 6.14. The lowest BCUT2D eigenvalue weighted by molar-refractivity contribution is -0.170. The van der Waals surface area contributed by atoms with Crippen molar-refractivity contribution < 1.29 is 9.59 Å². The van der Waals surface area contributed by atoms with E-state index in [1.54, 1.807) is 4.90 Å². The van der Waals surface area contributed by atoms with Crippen LogP contribution in [-0.2, 0) is 9.59 Å². The predicted octanol–water partition coefficient (Wildman–Crippen LogP) is 6.60. The van der Waals surface area contributed by atoms with E-state index in [1.807, 2.05) is 0 Å². The molecule has 2 heterocycles. The van der Waals surface area contributed by atoms with Crippen LogP contribution in [0.15, 0.2) is 0 Å². The molecule has 2 amide bonds. The van der Waals surface area contributed by atoms with Gasteiger partial charge in [0.25, 0.3) is 0 Å². The van der Waals surface area contributed by atoms with Gasteiger partial charge in [0.15, 0.2) is 0 Å². The van der Waals surface area contributed by atoms with Gasteiger partial charge in [-0.05, 0) is 86.4 Å². The molecule has 7 atom stereocenters. The average Bonchev–Trinajstić information content (AvgIpc) is 2.93. The van der Waals surface area contributed by atoms with Crippen LogP contribution >= 0.6 is 0 Å². The minimum Gasteiger partial charge on any atom is -0.276 e. The quantitative estimate of drug-likeness (QED) is 0.474. The summed E-state index contributed by atoms with van der Waals surface area (Å²) in [6.45, 7) is 12.0. The van der Waals surface area contributed by atoms with Crippen LogP contribution in [-0.4, -0.2) is 22.3 Å². The summed E-state index contributed by atoms with van der Waals surface area (Å²) < 4.78 is 0. The van der Waals surface area contributed by atoms with Crippen LogP contribution in [0, 0.1) is 40.9 Å². The van der Waals surface area contributed by atoms with Gasteiger partial charge in [-0.2, -0.15) is 0 Å². The van der Waals surface area contributed by atoms with E-state index in [1.165, 1.54) is 44.9 Å². The zero-order chi connectivity index (χ0) is 21.7. The third-order valence-electron chi connectivity index (χ3n) is 10.2. The van der Waals surface area contributed by atoms with Crippen molar-refractivity contribution in [2.75, 3.05) is 0 Å². The molecule has 3 nitrogen and oxygen atoms in total. The molecule has 0 N–H and O–H groups in total. The summed E-state index contributed by atoms with van der Waals surface area (Å²) in [5.41, 5.74) is 0.168. The van der Waals surface area contributed by atoms with Crippen LogP contribution in [0.2, 0.25) is 0 Å². The first-order valence-corrected chi connectivity index (χ1v) is 13.0. The van der Waals surface area contributed by atoms with Gasteiger partial charge in [-0.25, -0.2) is 0 Å². The lowest BCUT2D eigenvalue weighted by Crippen LogP contribution is -2.64. The van der Waals surface area contributed by atoms with Crippen molar-refractivity contribution in [1.82, 2.24) is 4.90 Å². The zero-order valence-corrected chi connectivity index (χ0v) is 20.2. The number of carbonyl (C=O) groups excluding carboxylic acids is 2. The normalized spacial score (nSPS) is 42.5. The van der Waals surface area contributed by atoms with Crippen molar-refractivity contribution in [1.29, 1.82) is 0 Å². The number of fused-ring (bicyclic) bond motifs is 5. The van der Waals surface area contributed by atoms with Crippen molar-refractivity contribution in [3.05, 3.63) is 0 Å². The maximum Gasteiger partial charge on any atom is 0.229 e. The Morgan fingerprint density at radius 2 is 1.70 bits per heavy atom. The summed E-state index contributed by atoms with van der Waals surface area (Å²) in [6, 6.07) is 0. The van der Waals surface area contributed by atoms with Crippen LogP contribution in [0.4, 0.5) is 0 Å². The number of rotatable bonds is 5. The summed E-state index contributed by atoms with van der Waals surface area (Å²) in [7, 11) is 0. The maximum atomic E-state index is 13.3. The molecule has 4 fully saturated rings. The average molecular weight is 416 g/mol. The van der Waals surface area contributed by atoms with E-state index in [9.17, 15) is 9.59 Å². The molecule has 2 saturated heterocycles. The molecule has 0 radical (unpaired) electrons. The van der Waals surface area contributed by atoms with Crippen LogP contribution < -0.4 is 0 Å². The molecule has 0 aromatic rings. The maximum absolute atomic E-state index is 13.3. The molecular weight excluding hydrogens is 370 g/mol. The van der Waals surface area contributed by atoms with Crippen LogP contribution in [0.25, 0.3) is 0 Å². The highest BCUT2D eigenvalue weighted by Gasteiger charge is 2.62. The molecule has 0 aromatic carbocycles. The van der Waals surface area contributed by atoms with E-state index < -0.39 is 0 Å². The van der Waals surface area contributed by atoms with E-state index in [4.69, 9.17) is 0 Å². The molecule has 3 heteroatoms. The lowest BCUT2D eigenvalue weighted by atomic mass is 9.51. The van der Waals surface area contributed by atoms with Crippen molar-refractivity contribution in [2.24, 2.45) is 40.9 Å². The molecule has 2 aliphatic carbocycles. The smallest absolute Gasteiger partial charge is 0.229 e. The van der Waals surface area contributed by atoms with E-state index in [0.717, 1.165) is 37.0 Å². The van der Waals surface area contributed by atoms with Gasteiger partial charge in [-0.1, -0.05) is 53.4 Å². The zero-order valence-electron chi connectivity index (χ0n) is 20.2. The van der Waals surface area contributed by atoms with Gasteiger partial charge < -0.3 is 0 Å². The van der Waals surface area contributed by atoms with Gasteiger partial charge in [-0.15, -0.1) is 0 Å². The number of piperidine rings is 1. The first-order valence-electron chi connectivity index (χ1n) is 13.0. The highest BCUT2D eigenvalue weighted by atomic mass is 16.2. The van der Waals surface area contributed by atoms with Crippen LogP contribution in [0.3, 0.4) is 0 Å². The summed E-state index contributed by atoms with van der Waals surface area (Å²) in [4.78, 5) is 27.8. The Morgan fingerprint density at radius 3 is 2.43 bits per heavy atom. The van der Waals surface area contributed by atoms with Gasteiger partial charge in [-0.3, -0.25) is 14.5 Å². The molecule has 0 spiro atoms. The fourth-order valence-corrected chi connectivity index (χ4v) is 8.70. The summed E-state index contributed by atoms with van der Waals surface area (Å²) in [6.07, 6.45) is 13.5. The van der Waals surface area contributed by atoms with Gasteiger partial charge in [0.1, 0.15) is 0 Å². The number of imide groups is 1. The van der Waals surface area contributed by atoms with Crippen molar-refractivity contribution in [2.45, 2.75) is 117 Å². The largest absolute Gasteiger partial charge is 0.276 e. The third-order valence-corrected chi connectivity index (χ3v) is 10.2. The summed E-state index contributed by atoms with van der Waals surface area (Å²) >= 11 is 0. The van der Waals surface area contributed by atoms with Crippen LogP contribution in [0.1, 0.15) is 112 Å². The SMILES string of the molecule is CC(C)CCC[C@@H](C)[C@H]1CC[C@H]2[C@@H]3CC(=O)N4C(=O)CCCC[C@]4(C)[C@H]3CC[C@]12C. The van der Waals surface area contributed by atoms with Crippen molar-refractivity contribution in [3.63, 3.8) is 0 Å².